The number of hydrogen-bond donors (Lipinski definition) is 2. The maximum atomic E-state index is 13.6. The zero-order chi connectivity index (χ0) is 15.2. The number of nitrogens with zero attached hydrogens (tertiary/aromatic N) is 3. The van der Waals surface area contributed by atoms with Gasteiger partial charge in [0.2, 0.25) is 11.9 Å². The molecule has 3 N–H and O–H groups in total. The third kappa shape index (κ3) is 4.37. The van der Waals surface area contributed by atoms with Crippen molar-refractivity contribution in [2.45, 2.75) is 39.2 Å². The van der Waals surface area contributed by atoms with E-state index in [1.807, 2.05) is 12.1 Å². The standard InChI is InChI=1S/C15H20FN5/c1-3-12(9-8-11-6-4-5-7-13(11)16)20-15-19-10(2)18-14(17)21-15/h4-7,12H,3,8-9H2,1-2H3,(H3,17,18,19,20,21). The molecule has 6 heteroatoms. The molecule has 1 aromatic carbocycles. The first-order valence-corrected chi connectivity index (χ1v) is 7.06. The van der Waals surface area contributed by atoms with E-state index in [1.165, 1.54) is 6.07 Å². The van der Waals surface area contributed by atoms with Gasteiger partial charge in [0.1, 0.15) is 11.6 Å². The number of rotatable bonds is 6. The van der Waals surface area contributed by atoms with Crippen molar-refractivity contribution >= 4 is 11.9 Å². The number of aromatic nitrogens is 3. The van der Waals surface area contributed by atoms with E-state index in [0.717, 1.165) is 18.4 Å². The highest BCUT2D eigenvalue weighted by atomic mass is 19.1. The molecule has 1 aromatic heterocycles. The number of halogens is 1. The van der Waals surface area contributed by atoms with Crippen molar-refractivity contribution in [2.75, 3.05) is 11.1 Å². The Morgan fingerprint density at radius 1 is 1.24 bits per heavy atom. The van der Waals surface area contributed by atoms with Crippen LogP contribution in [0.3, 0.4) is 0 Å². The van der Waals surface area contributed by atoms with E-state index in [4.69, 9.17) is 5.73 Å². The summed E-state index contributed by atoms with van der Waals surface area (Å²) in [6.07, 6.45) is 2.35. The Hall–Kier alpha value is -2.24. The predicted octanol–water partition coefficient (Wildman–Crippen LogP) is 2.72. The highest BCUT2D eigenvalue weighted by molar-refractivity contribution is 5.32. The van der Waals surface area contributed by atoms with Crippen molar-refractivity contribution < 1.29 is 4.39 Å². The molecule has 1 heterocycles. The second-order valence-corrected chi connectivity index (χ2v) is 4.94. The molecule has 0 spiro atoms. The van der Waals surface area contributed by atoms with E-state index in [0.29, 0.717) is 18.2 Å². The molecule has 0 bridgehead atoms. The summed E-state index contributed by atoms with van der Waals surface area (Å²) in [7, 11) is 0. The van der Waals surface area contributed by atoms with Crippen molar-refractivity contribution in [1.29, 1.82) is 0 Å². The number of hydrogen-bond acceptors (Lipinski definition) is 5. The lowest BCUT2D eigenvalue weighted by molar-refractivity contribution is 0.581. The van der Waals surface area contributed by atoms with Crippen molar-refractivity contribution in [3.05, 3.63) is 41.5 Å². The lowest BCUT2D eigenvalue weighted by Gasteiger charge is -2.17. The van der Waals surface area contributed by atoms with Crippen LogP contribution in [0.25, 0.3) is 0 Å². The Labute approximate surface area is 123 Å². The molecule has 2 rings (SSSR count). The highest BCUT2D eigenvalue weighted by Crippen LogP contribution is 2.14. The second kappa shape index (κ2) is 6.97. The van der Waals surface area contributed by atoms with Crippen LogP contribution < -0.4 is 11.1 Å². The Bertz CT molecular complexity index is 582. The van der Waals surface area contributed by atoms with E-state index in [1.54, 1.807) is 13.0 Å². The summed E-state index contributed by atoms with van der Waals surface area (Å²) in [5.74, 6) is 1.09. The summed E-state index contributed by atoms with van der Waals surface area (Å²) in [5.41, 5.74) is 6.34. The first kappa shape index (κ1) is 15.2. The van der Waals surface area contributed by atoms with Crippen molar-refractivity contribution in [1.82, 2.24) is 15.0 Å². The maximum Gasteiger partial charge on any atom is 0.227 e. The fraction of sp³-hybridized carbons (Fsp3) is 0.400. The van der Waals surface area contributed by atoms with Gasteiger partial charge in [0, 0.05) is 6.04 Å². The second-order valence-electron chi connectivity index (χ2n) is 4.94. The number of benzene rings is 1. The van der Waals surface area contributed by atoms with Crippen molar-refractivity contribution in [3.63, 3.8) is 0 Å². The summed E-state index contributed by atoms with van der Waals surface area (Å²) in [6.45, 7) is 3.83. The molecule has 2 aromatic rings. The number of aryl methyl sites for hydroxylation is 2. The van der Waals surface area contributed by atoms with Gasteiger partial charge in [-0.2, -0.15) is 15.0 Å². The molecule has 0 fully saturated rings. The zero-order valence-electron chi connectivity index (χ0n) is 12.3. The average Bonchev–Trinajstić information content (AvgIpc) is 2.44. The Kier molecular flexibility index (Phi) is 5.03. The fourth-order valence-corrected chi connectivity index (χ4v) is 2.16. The van der Waals surface area contributed by atoms with Gasteiger partial charge >= 0.3 is 0 Å². The maximum absolute atomic E-state index is 13.6. The number of nitrogen functional groups attached to an aromatic ring is 1. The van der Waals surface area contributed by atoms with Crippen LogP contribution in [-0.4, -0.2) is 21.0 Å². The van der Waals surface area contributed by atoms with Gasteiger partial charge in [-0.1, -0.05) is 25.1 Å². The molecule has 0 saturated heterocycles. The zero-order valence-corrected chi connectivity index (χ0v) is 12.3. The molecule has 1 unspecified atom stereocenters. The third-order valence-corrected chi connectivity index (χ3v) is 3.31. The summed E-state index contributed by atoms with van der Waals surface area (Å²) in [5, 5.41) is 3.24. The van der Waals surface area contributed by atoms with E-state index in [-0.39, 0.29) is 17.8 Å². The van der Waals surface area contributed by atoms with Crippen molar-refractivity contribution in [3.8, 4) is 0 Å². The average molecular weight is 289 g/mol. The van der Waals surface area contributed by atoms with E-state index in [9.17, 15) is 4.39 Å². The van der Waals surface area contributed by atoms with E-state index in [2.05, 4.69) is 27.2 Å². The Morgan fingerprint density at radius 2 is 2.00 bits per heavy atom. The lowest BCUT2D eigenvalue weighted by atomic mass is 10.0. The van der Waals surface area contributed by atoms with Gasteiger partial charge in [-0.05, 0) is 37.8 Å². The monoisotopic (exact) mass is 289 g/mol. The molecule has 21 heavy (non-hydrogen) atoms. The van der Waals surface area contributed by atoms with Gasteiger partial charge in [-0.3, -0.25) is 0 Å². The van der Waals surface area contributed by atoms with Crippen LogP contribution in [0.15, 0.2) is 24.3 Å². The van der Waals surface area contributed by atoms with Crippen LogP contribution >= 0.6 is 0 Å². The SMILES string of the molecule is CCC(CCc1ccccc1F)Nc1nc(C)nc(N)n1. The minimum atomic E-state index is -0.160. The van der Waals surface area contributed by atoms with Crippen LogP contribution in [0.5, 0.6) is 0 Å². The Balaban J connectivity index is 1.98. The van der Waals surface area contributed by atoms with Gasteiger partial charge in [0.05, 0.1) is 0 Å². The highest BCUT2D eigenvalue weighted by Gasteiger charge is 2.11. The predicted molar refractivity (Wildman–Crippen MR) is 81.4 cm³/mol. The molecule has 0 amide bonds. The van der Waals surface area contributed by atoms with Crippen LogP contribution in [0.4, 0.5) is 16.3 Å². The fourth-order valence-electron chi connectivity index (χ4n) is 2.16. The van der Waals surface area contributed by atoms with Gasteiger partial charge in [-0.15, -0.1) is 0 Å². The summed E-state index contributed by atoms with van der Waals surface area (Å²) < 4.78 is 13.6. The summed E-state index contributed by atoms with van der Waals surface area (Å²) in [4.78, 5) is 12.2. The first-order valence-electron chi connectivity index (χ1n) is 7.06. The molecule has 0 aliphatic rings. The first-order chi connectivity index (χ1) is 10.1. The van der Waals surface area contributed by atoms with Gasteiger partial charge in [0.25, 0.3) is 0 Å². The van der Waals surface area contributed by atoms with Gasteiger partial charge < -0.3 is 11.1 Å². The molecule has 0 aliphatic carbocycles. The largest absolute Gasteiger partial charge is 0.368 e. The van der Waals surface area contributed by atoms with Crippen molar-refractivity contribution in [2.24, 2.45) is 0 Å². The molecule has 112 valence electrons. The molecule has 5 nitrogen and oxygen atoms in total. The molecular weight excluding hydrogens is 269 g/mol. The number of nitrogens with two attached hydrogens (primary N) is 1. The molecule has 0 saturated carbocycles. The minimum absolute atomic E-state index is 0.158. The van der Waals surface area contributed by atoms with E-state index < -0.39 is 0 Å². The normalized spacial score (nSPS) is 12.1. The summed E-state index contributed by atoms with van der Waals surface area (Å²) >= 11 is 0. The quantitative estimate of drug-likeness (QED) is 0.855. The summed E-state index contributed by atoms with van der Waals surface area (Å²) in [6, 6.07) is 7.01. The van der Waals surface area contributed by atoms with Gasteiger partial charge in [-0.25, -0.2) is 4.39 Å². The molecular formula is C15H20FN5. The third-order valence-electron chi connectivity index (χ3n) is 3.31. The minimum Gasteiger partial charge on any atom is -0.368 e. The number of anilines is 2. The lowest BCUT2D eigenvalue weighted by Crippen LogP contribution is -2.22. The van der Waals surface area contributed by atoms with Gasteiger partial charge in [0.15, 0.2) is 0 Å². The topological polar surface area (TPSA) is 76.7 Å². The van der Waals surface area contributed by atoms with Crippen LogP contribution in [0.2, 0.25) is 0 Å². The molecule has 0 radical (unpaired) electrons. The van der Waals surface area contributed by atoms with Crippen LogP contribution in [-0.2, 0) is 6.42 Å². The van der Waals surface area contributed by atoms with E-state index >= 15 is 0 Å². The number of nitrogens with one attached hydrogen (secondary N) is 1. The van der Waals surface area contributed by atoms with Crippen LogP contribution in [0, 0.1) is 12.7 Å². The van der Waals surface area contributed by atoms with Crippen LogP contribution in [0.1, 0.15) is 31.2 Å². The smallest absolute Gasteiger partial charge is 0.227 e. The molecule has 0 aliphatic heterocycles. The molecule has 1 atom stereocenters. The Morgan fingerprint density at radius 3 is 2.67 bits per heavy atom.